The Balaban J connectivity index is 1.63. The summed E-state index contributed by atoms with van der Waals surface area (Å²) in [5, 5.41) is 6.79. The minimum Gasteiger partial charge on any atom is -0.378 e. The van der Waals surface area contributed by atoms with E-state index in [4.69, 9.17) is 9.26 Å². The Labute approximate surface area is 135 Å². The Morgan fingerprint density at radius 1 is 1.35 bits per heavy atom. The second-order valence-corrected chi connectivity index (χ2v) is 5.94. The summed E-state index contributed by atoms with van der Waals surface area (Å²) in [6.07, 6.45) is 0. The van der Waals surface area contributed by atoms with Crippen molar-refractivity contribution in [2.45, 2.75) is 20.4 Å². The fraction of sp³-hybridized carbons (Fsp3) is 0.333. The molecule has 1 aliphatic heterocycles. The first-order valence-electron chi connectivity index (χ1n) is 7.47. The van der Waals surface area contributed by atoms with Gasteiger partial charge in [-0.2, -0.15) is 0 Å². The molecule has 0 bridgehead atoms. The molecule has 1 aromatic carbocycles. The summed E-state index contributed by atoms with van der Waals surface area (Å²) in [6.45, 7) is 5.36. The van der Waals surface area contributed by atoms with E-state index in [2.05, 4.69) is 22.3 Å². The Hall–Kier alpha value is -2.58. The van der Waals surface area contributed by atoms with E-state index in [1.165, 1.54) is 0 Å². The topological polar surface area (TPSA) is 64.4 Å². The monoisotopic (exact) mass is 310 g/mol. The Morgan fingerprint density at radius 2 is 2.09 bits per heavy atom. The van der Waals surface area contributed by atoms with Crippen LogP contribution in [0.25, 0.3) is 11.3 Å². The lowest BCUT2D eigenvalue weighted by Gasteiger charge is -2.32. The van der Waals surface area contributed by atoms with Gasteiger partial charge in [0, 0.05) is 11.1 Å². The van der Waals surface area contributed by atoms with Crippen molar-refractivity contribution >= 4 is 5.91 Å². The highest BCUT2D eigenvalue weighted by molar-refractivity contribution is 5.93. The zero-order chi connectivity index (χ0) is 16.3. The van der Waals surface area contributed by atoms with Gasteiger partial charge in [0.1, 0.15) is 5.69 Å². The van der Waals surface area contributed by atoms with E-state index < -0.39 is 0 Å². The minimum absolute atomic E-state index is 0.193. The van der Waals surface area contributed by atoms with Crippen molar-refractivity contribution in [3.8, 4) is 23.2 Å². The van der Waals surface area contributed by atoms with Crippen LogP contribution in [0.1, 0.15) is 18.2 Å². The third kappa shape index (κ3) is 3.43. The van der Waals surface area contributed by atoms with Crippen LogP contribution in [-0.2, 0) is 16.1 Å². The molecule has 23 heavy (non-hydrogen) atoms. The molecule has 2 heterocycles. The van der Waals surface area contributed by atoms with Crippen LogP contribution in [0.2, 0.25) is 0 Å². The van der Waals surface area contributed by atoms with Gasteiger partial charge in [-0.05, 0) is 19.8 Å². The summed E-state index contributed by atoms with van der Waals surface area (Å²) in [5.74, 6) is 5.97. The van der Waals surface area contributed by atoms with Crippen LogP contribution < -0.4 is 5.32 Å². The van der Waals surface area contributed by atoms with Crippen LogP contribution >= 0.6 is 0 Å². The molecule has 5 nitrogen and oxygen atoms in total. The van der Waals surface area contributed by atoms with Gasteiger partial charge in [-0.3, -0.25) is 4.79 Å². The van der Waals surface area contributed by atoms with Gasteiger partial charge in [0.2, 0.25) is 0 Å². The number of nitrogens with zero attached hydrogens (tertiary/aromatic N) is 1. The van der Waals surface area contributed by atoms with Crippen LogP contribution in [0.3, 0.4) is 0 Å². The third-order valence-electron chi connectivity index (χ3n) is 3.79. The molecule has 0 atom stereocenters. The predicted octanol–water partition coefficient (Wildman–Crippen LogP) is 2.31. The fourth-order valence-corrected chi connectivity index (χ4v) is 2.29. The number of benzene rings is 1. The summed E-state index contributed by atoms with van der Waals surface area (Å²) < 4.78 is 10.5. The molecule has 1 aromatic heterocycles. The molecule has 5 heteroatoms. The molecule has 1 aliphatic rings. The Kier molecular flexibility index (Phi) is 4.18. The van der Waals surface area contributed by atoms with Crippen LogP contribution in [-0.4, -0.2) is 24.3 Å². The molecule has 0 unspecified atom stereocenters. The van der Waals surface area contributed by atoms with Gasteiger partial charge in [-0.1, -0.05) is 41.4 Å². The number of rotatable bonds is 3. The maximum atomic E-state index is 11.8. The maximum Gasteiger partial charge on any atom is 0.296 e. The average Bonchev–Trinajstić information content (AvgIpc) is 2.91. The third-order valence-corrected chi connectivity index (χ3v) is 3.79. The number of nitrogens with one attached hydrogen (secondary N) is 1. The van der Waals surface area contributed by atoms with Gasteiger partial charge >= 0.3 is 0 Å². The molecule has 1 saturated heterocycles. The van der Waals surface area contributed by atoms with E-state index in [0.29, 0.717) is 25.5 Å². The molecule has 1 fully saturated rings. The largest absolute Gasteiger partial charge is 0.378 e. The summed E-state index contributed by atoms with van der Waals surface area (Å²) in [7, 11) is 0. The summed E-state index contributed by atoms with van der Waals surface area (Å²) in [6, 6.07) is 9.76. The van der Waals surface area contributed by atoms with E-state index in [9.17, 15) is 4.79 Å². The molecule has 2 aromatic rings. The van der Waals surface area contributed by atoms with Crippen LogP contribution in [0.15, 0.2) is 34.9 Å². The smallest absolute Gasteiger partial charge is 0.296 e. The van der Waals surface area contributed by atoms with E-state index in [1.807, 2.05) is 44.2 Å². The quantitative estimate of drug-likeness (QED) is 0.884. The van der Waals surface area contributed by atoms with Crippen molar-refractivity contribution < 1.29 is 14.1 Å². The van der Waals surface area contributed by atoms with Gasteiger partial charge < -0.3 is 14.6 Å². The zero-order valence-electron chi connectivity index (χ0n) is 13.2. The van der Waals surface area contributed by atoms with E-state index in [0.717, 1.165) is 16.9 Å². The van der Waals surface area contributed by atoms with Crippen molar-refractivity contribution in [3.05, 3.63) is 41.6 Å². The highest BCUT2D eigenvalue weighted by atomic mass is 16.5. The molecule has 0 saturated carbocycles. The molecule has 0 aliphatic carbocycles. The van der Waals surface area contributed by atoms with Gasteiger partial charge in [0.05, 0.1) is 25.2 Å². The number of carbonyl (C=O) groups excluding carboxylic acids is 1. The molecule has 0 spiro atoms. The lowest BCUT2D eigenvalue weighted by Crippen LogP contribution is -2.38. The number of amides is 1. The highest BCUT2D eigenvalue weighted by Crippen LogP contribution is 2.25. The molecular weight excluding hydrogens is 292 g/mol. The van der Waals surface area contributed by atoms with Gasteiger partial charge in [0.25, 0.3) is 5.91 Å². The average molecular weight is 310 g/mol. The molecule has 0 radical (unpaired) electrons. The number of carbonyl (C=O) groups is 1. The standard InChI is InChI=1S/C18H18N2O3/c1-13-15(20-23-17(13)14-6-4-3-5-7-14)10-19-16(21)8-9-18(2)11-22-12-18/h3-7H,10-12H2,1-2H3,(H,19,21). The molecule has 118 valence electrons. The second kappa shape index (κ2) is 6.27. The predicted molar refractivity (Wildman–Crippen MR) is 85.2 cm³/mol. The number of aromatic nitrogens is 1. The normalized spacial score (nSPS) is 15.2. The van der Waals surface area contributed by atoms with Crippen molar-refractivity contribution in [1.29, 1.82) is 0 Å². The molecular formula is C18H18N2O3. The summed E-state index contributed by atoms with van der Waals surface area (Å²) in [5.41, 5.74) is 2.40. The lowest BCUT2D eigenvalue weighted by atomic mass is 9.90. The SMILES string of the molecule is Cc1c(CNC(=O)C#CC2(C)COC2)noc1-c1ccccc1. The first-order chi connectivity index (χ1) is 11.1. The molecule has 3 rings (SSSR count). The summed E-state index contributed by atoms with van der Waals surface area (Å²) >= 11 is 0. The van der Waals surface area contributed by atoms with Crippen molar-refractivity contribution in [1.82, 2.24) is 10.5 Å². The van der Waals surface area contributed by atoms with E-state index in [1.54, 1.807) is 0 Å². The molecule has 1 amide bonds. The number of hydrogen-bond donors (Lipinski definition) is 1. The van der Waals surface area contributed by atoms with Crippen molar-refractivity contribution in [3.63, 3.8) is 0 Å². The maximum absolute atomic E-state index is 11.8. The van der Waals surface area contributed by atoms with Crippen LogP contribution in [0.5, 0.6) is 0 Å². The lowest BCUT2D eigenvalue weighted by molar-refractivity contribution is -0.116. The van der Waals surface area contributed by atoms with E-state index in [-0.39, 0.29) is 11.3 Å². The fourth-order valence-electron chi connectivity index (χ4n) is 2.29. The minimum atomic E-state index is -0.318. The van der Waals surface area contributed by atoms with Crippen LogP contribution in [0, 0.1) is 24.2 Å². The Morgan fingerprint density at radius 3 is 2.74 bits per heavy atom. The number of ether oxygens (including phenoxy) is 1. The Bertz CT molecular complexity index is 765. The first kappa shape index (κ1) is 15.3. The van der Waals surface area contributed by atoms with Gasteiger partial charge in [0.15, 0.2) is 5.76 Å². The first-order valence-corrected chi connectivity index (χ1v) is 7.47. The van der Waals surface area contributed by atoms with E-state index >= 15 is 0 Å². The van der Waals surface area contributed by atoms with Gasteiger partial charge in [-0.15, -0.1) is 0 Å². The second-order valence-electron chi connectivity index (χ2n) is 5.94. The van der Waals surface area contributed by atoms with Crippen molar-refractivity contribution in [2.75, 3.05) is 13.2 Å². The highest BCUT2D eigenvalue weighted by Gasteiger charge is 2.31. The van der Waals surface area contributed by atoms with Crippen molar-refractivity contribution in [2.24, 2.45) is 5.41 Å². The zero-order valence-corrected chi connectivity index (χ0v) is 13.2. The van der Waals surface area contributed by atoms with Crippen LogP contribution in [0.4, 0.5) is 0 Å². The summed E-state index contributed by atoms with van der Waals surface area (Å²) in [4.78, 5) is 11.8. The molecule has 1 N–H and O–H groups in total. The number of hydrogen-bond acceptors (Lipinski definition) is 4. The van der Waals surface area contributed by atoms with Gasteiger partial charge in [-0.25, -0.2) is 0 Å².